The Morgan fingerprint density at radius 1 is 1.10 bits per heavy atom. The molecule has 0 radical (unpaired) electrons. The molecule has 0 spiro atoms. The van der Waals surface area contributed by atoms with E-state index in [-0.39, 0.29) is 11.3 Å². The molecule has 0 saturated carbocycles. The summed E-state index contributed by atoms with van der Waals surface area (Å²) in [6.45, 7) is 1.84. The van der Waals surface area contributed by atoms with Gasteiger partial charge in [-0.05, 0) is 30.2 Å². The summed E-state index contributed by atoms with van der Waals surface area (Å²) in [7, 11) is 1.32. The Balaban J connectivity index is 2.50. The normalized spacial score (nSPS) is 12.3. The van der Waals surface area contributed by atoms with E-state index in [9.17, 15) is 13.9 Å². The number of aryl methyl sites for hydroxylation is 1. The van der Waals surface area contributed by atoms with Crippen LogP contribution < -0.4 is 4.74 Å². The van der Waals surface area contributed by atoms with Crippen molar-refractivity contribution in [3.05, 3.63) is 63.1 Å². The van der Waals surface area contributed by atoms with Crippen molar-refractivity contribution in [3.8, 4) is 5.75 Å². The minimum atomic E-state index is -1.38. The molecule has 20 heavy (non-hydrogen) atoms. The van der Waals surface area contributed by atoms with Gasteiger partial charge in [0.1, 0.15) is 23.5 Å². The van der Waals surface area contributed by atoms with Gasteiger partial charge in [-0.25, -0.2) is 8.78 Å². The third-order valence-corrected chi connectivity index (χ3v) is 3.40. The summed E-state index contributed by atoms with van der Waals surface area (Å²) >= 11 is 3.30. The molecule has 0 heterocycles. The first-order chi connectivity index (χ1) is 9.42. The second-order valence-electron chi connectivity index (χ2n) is 4.47. The molecular weight excluding hydrogens is 330 g/mol. The van der Waals surface area contributed by atoms with Gasteiger partial charge in [-0.15, -0.1) is 0 Å². The second-order valence-corrected chi connectivity index (χ2v) is 5.38. The highest BCUT2D eigenvalue weighted by Crippen LogP contribution is 2.31. The van der Waals surface area contributed by atoms with E-state index in [0.717, 1.165) is 22.2 Å². The zero-order valence-electron chi connectivity index (χ0n) is 11.0. The highest BCUT2D eigenvalue weighted by atomic mass is 79.9. The van der Waals surface area contributed by atoms with Crippen LogP contribution in [0.2, 0.25) is 0 Å². The lowest BCUT2D eigenvalue weighted by atomic mass is 9.99. The van der Waals surface area contributed by atoms with Gasteiger partial charge in [0.2, 0.25) is 0 Å². The van der Waals surface area contributed by atoms with Crippen molar-refractivity contribution in [3.63, 3.8) is 0 Å². The minimum Gasteiger partial charge on any atom is -0.497 e. The molecule has 0 fully saturated rings. The highest BCUT2D eigenvalue weighted by Gasteiger charge is 2.21. The van der Waals surface area contributed by atoms with Gasteiger partial charge in [-0.1, -0.05) is 22.0 Å². The van der Waals surface area contributed by atoms with Gasteiger partial charge in [0, 0.05) is 16.6 Å². The Kier molecular flexibility index (Phi) is 4.40. The average Bonchev–Trinajstić information content (AvgIpc) is 2.36. The Bertz CT molecular complexity index is 601. The molecule has 0 amide bonds. The summed E-state index contributed by atoms with van der Waals surface area (Å²) in [4.78, 5) is 0. The summed E-state index contributed by atoms with van der Waals surface area (Å²) in [5.41, 5.74) is 0.908. The SMILES string of the molecule is COc1cc(F)c(C(O)c2cc(C)cc(Br)c2)c(F)c1. The zero-order chi connectivity index (χ0) is 14.9. The molecule has 1 N–H and O–H groups in total. The van der Waals surface area contributed by atoms with E-state index < -0.39 is 17.7 Å². The maximum atomic E-state index is 13.9. The summed E-state index contributed by atoms with van der Waals surface area (Å²) < 4.78 is 33.4. The van der Waals surface area contributed by atoms with Crippen LogP contribution in [0.25, 0.3) is 0 Å². The summed E-state index contributed by atoms with van der Waals surface area (Å²) in [6, 6.07) is 7.25. The number of aliphatic hydroxyl groups excluding tert-OH is 1. The van der Waals surface area contributed by atoms with Crippen molar-refractivity contribution < 1.29 is 18.6 Å². The number of halogens is 3. The molecule has 0 aliphatic carbocycles. The van der Waals surface area contributed by atoms with Crippen molar-refractivity contribution in [1.82, 2.24) is 0 Å². The number of benzene rings is 2. The molecule has 2 rings (SSSR count). The molecule has 0 aliphatic heterocycles. The van der Waals surface area contributed by atoms with Crippen LogP contribution in [-0.2, 0) is 0 Å². The van der Waals surface area contributed by atoms with Crippen LogP contribution in [-0.4, -0.2) is 12.2 Å². The Morgan fingerprint density at radius 2 is 1.70 bits per heavy atom. The molecule has 2 aromatic carbocycles. The van der Waals surface area contributed by atoms with Crippen molar-refractivity contribution in [2.24, 2.45) is 0 Å². The van der Waals surface area contributed by atoms with Crippen LogP contribution in [0.15, 0.2) is 34.8 Å². The van der Waals surface area contributed by atoms with Crippen LogP contribution in [0, 0.1) is 18.6 Å². The molecule has 5 heteroatoms. The zero-order valence-corrected chi connectivity index (χ0v) is 12.5. The molecule has 2 nitrogen and oxygen atoms in total. The van der Waals surface area contributed by atoms with Gasteiger partial charge in [0.25, 0.3) is 0 Å². The van der Waals surface area contributed by atoms with Crippen LogP contribution in [0.3, 0.4) is 0 Å². The van der Waals surface area contributed by atoms with Crippen molar-refractivity contribution in [2.75, 3.05) is 7.11 Å². The number of aliphatic hydroxyl groups is 1. The lowest BCUT2D eigenvalue weighted by molar-refractivity contribution is 0.208. The fraction of sp³-hybridized carbons (Fsp3) is 0.200. The van der Waals surface area contributed by atoms with Gasteiger partial charge in [0.05, 0.1) is 12.7 Å². The summed E-state index contributed by atoms with van der Waals surface area (Å²) in [5.74, 6) is -1.61. The van der Waals surface area contributed by atoms with Crippen molar-refractivity contribution >= 4 is 15.9 Å². The monoisotopic (exact) mass is 342 g/mol. The topological polar surface area (TPSA) is 29.5 Å². The molecule has 0 saturated heterocycles. The molecular formula is C15H13BrF2O2. The molecule has 1 atom stereocenters. The molecule has 0 aliphatic rings. The molecule has 0 aromatic heterocycles. The van der Waals surface area contributed by atoms with Gasteiger partial charge in [-0.3, -0.25) is 0 Å². The third kappa shape index (κ3) is 2.99. The number of hydrogen-bond acceptors (Lipinski definition) is 2. The minimum absolute atomic E-state index is 0.0707. The first-order valence-electron chi connectivity index (χ1n) is 5.90. The van der Waals surface area contributed by atoms with E-state index >= 15 is 0 Å². The molecule has 0 bridgehead atoms. The average molecular weight is 343 g/mol. The predicted octanol–water partition coefficient (Wildman–Crippen LogP) is 4.13. The fourth-order valence-corrected chi connectivity index (χ4v) is 2.65. The first kappa shape index (κ1) is 14.9. The van der Waals surface area contributed by atoms with Gasteiger partial charge in [0.15, 0.2) is 0 Å². The Morgan fingerprint density at radius 3 is 2.20 bits per heavy atom. The quantitative estimate of drug-likeness (QED) is 0.908. The maximum absolute atomic E-state index is 13.9. The van der Waals surface area contributed by atoms with Crippen LogP contribution in [0.4, 0.5) is 8.78 Å². The van der Waals surface area contributed by atoms with Gasteiger partial charge < -0.3 is 9.84 Å². The van der Waals surface area contributed by atoms with Crippen LogP contribution in [0.1, 0.15) is 22.8 Å². The smallest absolute Gasteiger partial charge is 0.135 e. The number of methoxy groups -OCH3 is 1. The summed E-state index contributed by atoms with van der Waals surface area (Å²) in [6.07, 6.45) is -1.38. The number of ether oxygens (including phenoxy) is 1. The highest BCUT2D eigenvalue weighted by molar-refractivity contribution is 9.10. The predicted molar refractivity (Wildman–Crippen MR) is 75.9 cm³/mol. The lowest BCUT2D eigenvalue weighted by Crippen LogP contribution is -2.07. The van der Waals surface area contributed by atoms with Crippen LogP contribution in [0.5, 0.6) is 5.75 Å². The number of rotatable bonds is 3. The van der Waals surface area contributed by atoms with E-state index in [1.54, 1.807) is 12.1 Å². The maximum Gasteiger partial charge on any atom is 0.135 e. The molecule has 2 aromatic rings. The summed E-state index contributed by atoms with van der Waals surface area (Å²) in [5, 5.41) is 10.2. The van der Waals surface area contributed by atoms with Gasteiger partial charge in [-0.2, -0.15) is 0 Å². The lowest BCUT2D eigenvalue weighted by Gasteiger charge is -2.15. The number of hydrogen-bond donors (Lipinski definition) is 1. The fourth-order valence-electron chi connectivity index (χ4n) is 2.03. The third-order valence-electron chi connectivity index (χ3n) is 2.94. The van der Waals surface area contributed by atoms with Crippen molar-refractivity contribution in [2.45, 2.75) is 13.0 Å². The Labute approximate surface area is 124 Å². The van der Waals surface area contributed by atoms with Gasteiger partial charge >= 0.3 is 0 Å². The second kappa shape index (κ2) is 5.89. The molecule has 106 valence electrons. The van der Waals surface area contributed by atoms with E-state index in [0.29, 0.717) is 5.56 Å². The first-order valence-corrected chi connectivity index (χ1v) is 6.69. The van der Waals surface area contributed by atoms with E-state index in [1.165, 1.54) is 7.11 Å². The standard InChI is InChI=1S/C15H13BrF2O2/c1-8-3-9(5-10(16)4-8)15(19)14-12(17)6-11(20-2)7-13(14)18/h3-7,15,19H,1-2H3. The van der Waals surface area contributed by atoms with Crippen molar-refractivity contribution in [1.29, 1.82) is 0 Å². The van der Waals surface area contributed by atoms with E-state index in [2.05, 4.69) is 15.9 Å². The largest absolute Gasteiger partial charge is 0.497 e. The molecule has 1 unspecified atom stereocenters. The van der Waals surface area contributed by atoms with E-state index in [4.69, 9.17) is 4.74 Å². The van der Waals surface area contributed by atoms with Crippen LogP contribution >= 0.6 is 15.9 Å². The Hall–Kier alpha value is -1.46. The van der Waals surface area contributed by atoms with E-state index in [1.807, 2.05) is 13.0 Å².